The van der Waals surface area contributed by atoms with Gasteiger partial charge in [0.1, 0.15) is 17.7 Å². The van der Waals surface area contributed by atoms with Gasteiger partial charge in [0.25, 0.3) is 5.91 Å². The monoisotopic (exact) mass is 305 g/mol. The van der Waals surface area contributed by atoms with E-state index in [4.69, 9.17) is 16.4 Å². The number of carbonyl (C=O) groups is 2. The summed E-state index contributed by atoms with van der Waals surface area (Å²) in [5.41, 5.74) is 3.58. The van der Waals surface area contributed by atoms with Gasteiger partial charge in [0.15, 0.2) is 0 Å². The highest BCUT2D eigenvalue weighted by atomic mass is 35.5. The number of hydroxylamine groups is 1. The number of hydrogen-bond acceptors (Lipinski definition) is 7. The normalized spacial score (nSPS) is 11.3. The van der Waals surface area contributed by atoms with Crippen LogP contribution in [0.25, 0.3) is 0 Å². The molecule has 7 nitrogen and oxygen atoms in total. The molecule has 0 aliphatic carbocycles. The molecule has 0 aromatic carbocycles. The number of hydrogen-bond donors (Lipinski definition) is 1. The van der Waals surface area contributed by atoms with Gasteiger partial charge in [-0.15, -0.1) is 22.9 Å². The van der Waals surface area contributed by atoms with Gasteiger partial charge in [-0.25, -0.2) is 9.78 Å². The first-order chi connectivity index (χ1) is 9.04. The molecule has 1 rings (SSSR count). The topological polar surface area (TPSA) is 89.9 Å². The average molecular weight is 306 g/mol. The first-order valence-corrected chi connectivity index (χ1v) is 6.70. The van der Waals surface area contributed by atoms with E-state index < -0.39 is 11.9 Å². The van der Waals surface area contributed by atoms with Crippen molar-refractivity contribution in [3.63, 3.8) is 0 Å². The molecule has 0 spiro atoms. The summed E-state index contributed by atoms with van der Waals surface area (Å²) in [4.78, 5) is 36.1. The lowest BCUT2D eigenvalue weighted by atomic mass is 10.3. The molecule has 0 fully saturated rings. The van der Waals surface area contributed by atoms with Gasteiger partial charge >= 0.3 is 5.97 Å². The van der Waals surface area contributed by atoms with Gasteiger partial charge in [-0.3, -0.25) is 4.79 Å². The van der Waals surface area contributed by atoms with E-state index in [1.807, 2.05) is 5.48 Å². The number of carbonyl (C=O) groups excluding carboxylic acids is 2. The summed E-state index contributed by atoms with van der Waals surface area (Å²) in [6.07, 6.45) is -0.209. The lowest BCUT2D eigenvalue weighted by Gasteiger charge is -2.06. The molecule has 1 N–H and O–H groups in total. The van der Waals surface area contributed by atoms with E-state index >= 15 is 0 Å². The number of thiazole rings is 1. The second-order valence-electron chi connectivity index (χ2n) is 3.52. The molecule has 0 saturated heterocycles. The third kappa shape index (κ3) is 5.23. The van der Waals surface area contributed by atoms with Gasteiger partial charge < -0.3 is 9.68 Å². The zero-order valence-electron chi connectivity index (χ0n) is 10.3. The highest BCUT2D eigenvalue weighted by Gasteiger charge is 2.20. The third-order valence-electron chi connectivity index (χ3n) is 1.60. The zero-order chi connectivity index (χ0) is 14.3. The molecule has 1 heterocycles. The first kappa shape index (κ1) is 15.4. The number of nitrogens with zero attached hydrogens (tertiary/aromatic N) is 2. The Bertz CT molecular complexity index is 461. The Morgan fingerprint density at radius 1 is 1.58 bits per heavy atom. The Morgan fingerprint density at radius 3 is 2.84 bits per heavy atom. The molecule has 0 unspecified atom stereocenters. The maximum Gasteiger partial charge on any atom is 0.386 e. The molecule has 0 atom stereocenters. The van der Waals surface area contributed by atoms with Crippen LogP contribution in [0.3, 0.4) is 0 Å². The summed E-state index contributed by atoms with van der Waals surface area (Å²) in [6.45, 7) is 3.51. The molecule has 1 aromatic rings. The second-order valence-corrected chi connectivity index (χ2v) is 4.50. The fourth-order valence-electron chi connectivity index (χ4n) is 0.855. The van der Waals surface area contributed by atoms with Crippen molar-refractivity contribution >= 4 is 40.5 Å². The molecule has 0 bridgehead atoms. The molecule has 0 aliphatic heterocycles. The summed E-state index contributed by atoms with van der Waals surface area (Å²) in [5, 5.41) is 5.28. The number of nitrogens with one attached hydrogen (secondary N) is 1. The van der Waals surface area contributed by atoms with E-state index in [1.54, 1.807) is 19.2 Å². The van der Waals surface area contributed by atoms with Crippen molar-refractivity contribution in [1.29, 1.82) is 0 Å². The Kier molecular flexibility index (Phi) is 6.23. The Balaban J connectivity index is 2.77. The molecule has 1 amide bonds. The number of halogens is 1. The smallest absolute Gasteiger partial charge is 0.386 e. The van der Waals surface area contributed by atoms with Crippen molar-refractivity contribution < 1.29 is 19.3 Å². The molecule has 19 heavy (non-hydrogen) atoms. The lowest BCUT2D eigenvalue weighted by molar-refractivity contribution is -0.150. The minimum Gasteiger partial charge on any atom is -0.392 e. The Morgan fingerprint density at radius 2 is 2.32 bits per heavy atom. The van der Waals surface area contributed by atoms with E-state index in [2.05, 4.69) is 15.0 Å². The standard InChI is InChI=1S/C10H12ClN3O4S/c1-6(2)17-14-9(7-4-19-5-12-7)10(16)18-13-8(15)3-11/h4-6H,3H2,1-2H3,(H,13,15)/b14-9-. The van der Waals surface area contributed by atoms with E-state index in [0.29, 0.717) is 5.69 Å². The fourth-order valence-corrected chi connectivity index (χ4v) is 1.45. The van der Waals surface area contributed by atoms with Crippen LogP contribution in [0.15, 0.2) is 16.0 Å². The van der Waals surface area contributed by atoms with Gasteiger partial charge in [-0.1, -0.05) is 5.16 Å². The van der Waals surface area contributed by atoms with Crippen molar-refractivity contribution in [3.8, 4) is 0 Å². The van der Waals surface area contributed by atoms with E-state index in [9.17, 15) is 9.59 Å². The van der Waals surface area contributed by atoms with Crippen molar-refractivity contribution in [2.45, 2.75) is 20.0 Å². The summed E-state index contributed by atoms with van der Waals surface area (Å²) in [7, 11) is 0. The van der Waals surface area contributed by atoms with Crippen LogP contribution in [-0.2, 0) is 19.3 Å². The minimum atomic E-state index is -0.884. The molecule has 9 heteroatoms. The minimum absolute atomic E-state index is 0.134. The van der Waals surface area contributed by atoms with Crippen LogP contribution in [0.4, 0.5) is 0 Å². The number of alkyl halides is 1. The SMILES string of the molecule is CC(C)O/N=C(\C(=O)ONC(=O)CCl)c1cscn1. The maximum absolute atomic E-state index is 11.7. The second kappa shape index (κ2) is 7.70. The van der Waals surface area contributed by atoms with Gasteiger partial charge in [0, 0.05) is 5.38 Å². The average Bonchev–Trinajstić information content (AvgIpc) is 2.89. The molecule has 0 radical (unpaired) electrons. The fraction of sp³-hybridized carbons (Fsp3) is 0.400. The quantitative estimate of drug-likeness (QED) is 0.499. The summed E-state index contributed by atoms with van der Waals surface area (Å²) in [6, 6.07) is 0. The van der Waals surface area contributed by atoms with Crippen LogP contribution < -0.4 is 5.48 Å². The van der Waals surface area contributed by atoms with Gasteiger partial charge in [-0.2, -0.15) is 5.48 Å². The predicted octanol–water partition coefficient (Wildman–Crippen LogP) is 1.09. The van der Waals surface area contributed by atoms with Crippen molar-refractivity contribution in [1.82, 2.24) is 10.5 Å². The van der Waals surface area contributed by atoms with Crippen LogP contribution in [0.2, 0.25) is 0 Å². The van der Waals surface area contributed by atoms with Gasteiger partial charge in [0.2, 0.25) is 5.71 Å². The molecule has 104 valence electrons. The molecular formula is C10H12ClN3O4S. The van der Waals surface area contributed by atoms with E-state index in [0.717, 1.165) is 0 Å². The molecule has 0 saturated carbocycles. The van der Waals surface area contributed by atoms with Crippen LogP contribution in [0.5, 0.6) is 0 Å². The van der Waals surface area contributed by atoms with Gasteiger partial charge in [0.05, 0.1) is 5.51 Å². The highest BCUT2D eigenvalue weighted by Crippen LogP contribution is 2.05. The number of amides is 1. The molecule has 0 aliphatic rings. The highest BCUT2D eigenvalue weighted by molar-refractivity contribution is 7.07. The molecular weight excluding hydrogens is 294 g/mol. The predicted molar refractivity (Wildman–Crippen MR) is 69.8 cm³/mol. The van der Waals surface area contributed by atoms with Crippen molar-refractivity contribution in [2.75, 3.05) is 5.88 Å². The Hall–Kier alpha value is -1.67. The summed E-state index contributed by atoms with van der Waals surface area (Å²) in [5.74, 6) is -1.85. The van der Waals surface area contributed by atoms with Crippen LogP contribution in [0, 0.1) is 0 Å². The van der Waals surface area contributed by atoms with Crippen LogP contribution in [0.1, 0.15) is 19.5 Å². The van der Waals surface area contributed by atoms with Crippen LogP contribution in [-0.4, -0.2) is 34.6 Å². The lowest BCUT2D eigenvalue weighted by Crippen LogP contribution is -2.32. The number of rotatable bonds is 5. The maximum atomic E-state index is 11.7. The Labute approximate surface area is 118 Å². The summed E-state index contributed by atoms with van der Waals surface area (Å²) < 4.78 is 0. The number of oxime groups is 1. The van der Waals surface area contributed by atoms with Crippen LogP contribution >= 0.6 is 22.9 Å². The largest absolute Gasteiger partial charge is 0.392 e. The number of aromatic nitrogens is 1. The van der Waals surface area contributed by atoms with Crippen molar-refractivity contribution in [3.05, 3.63) is 16.6 Å². The molecule has 1 aromatic heterocycles. The van der Waals surface area contributed by atoms with E-state index in [1.165, 1.54) is 16.8 Å². The van der Waals surface area contributed by atoms with Gasteiger partial charge in [-0.05, 0) is 13.8 Å². The first-order valence-electron chi connectivity index (χ1n) is 5.23. The third-order valence-corrected chi connectivity index (χ3v) is 2.43. The van der Waals surface area contributed by atoms with E-state index in [-0.39, 0.29) is 17.7 Å². The zero-order valence-corrected chi connectivity index (χ0v) is 11.8. The summed E-state index contributed by atoms with van der Waals surface area (Å²) >= 11 is 6.53. The van der Waals surface area contributed by atoms with Crippen molar-refractivity contribution in [2.24, 2.45) is 5.16 Å².